The number of aryl methyl sites for hydroxylation is 2. The van der Waals surface area contributed by atoms with Crippen molar-refractivity contribution in [3.63, 3.8) is 0 Å². The molecule has 0 radical (unpaired) electrons. The summed E-state index contributed by atoms with van der Waals surface area (Å²) in [6.07, 6.45) is 3.92. The summed E-state index contributed by atoms with van der Waals surface area (Å²) in [7, 11) is -3.69. The number of urea groups is 1. The van der Waals surface area contributed by atoms with Gasteiger partial charge in [-0.05, 0) is 55.2 Å². The van der Waals surface area contributed by atoms with E-state index >= 15 is 0 Å². The Morgan fingerprint density at radius 1 is 1.15 bits per heavy atom. The zero-order valence-electron chi connectivity index (χ0n) is 15.3. The fourth-order valence-corrected chi connectivity index (χ4v) is 4.24. The molecule has 0 saturated carbocycles. The van der Waals surface area contributed by atoms with Gasteiger partial charge in [0, 0.05) is 25.5 Å². The van der Waals surface area contributed by atoms with Gasteiger partial charge in [0.15, 0.2) is 9.84 Å². The molecule has 1 aromatic heterocycles. The molecule has 0 aliphatic carbocycles. The highest BCUT2D eigenvalue weighted by Crippen LogP contribution is 2.29. The Kier molecular flexibility index (Phi) is 6.74. The van der Waals surface area contributed by atoms with Crippen molar-refractivity contribution in [3.8, 4) is 0 Å². The summed E-state index contributed by atoms with van der Waals surface area (Å²) in [6.45, 7) is 6.26. The molecule has 0 unspecified atom stereocenters. The molecule has 2 aromatic rings. The van der Waals surface area contributed by atoms with Crippen LogP contribution < -0.4 is 10.6 Å². The van der Waals surface area contributed by atoms with E-state index in [0.717, 1.165) is 17.5 Å². The maximum Gasteiger partial charge on any atom is 0.314 e. The number of hydrogen-bond donors (Lipinski definition) is 2. The lowest BCUT2D eigenvalue weighted by Crippen LogP contribution is -2.39. The van der Waals surface area contributed by atoms with Crippen LogP contribution in [0.5, 0.6) is 0 Å². The van der Waals surface area contributed by atoms with Gasteiger partial charge in [0.2, 0.25) is 0 Å². The van der Waals surface area contributed by atoms with E-state index in [-0.39, 0.29) is 17.5 Å². The molecule has 0 bridgehead atoms. The van der Waals surface area contributed by atoms with Crippen molar-refractivity contribution in [1.82, 2.24) is 15.6 Å². The average Bonchev–Trinajstić information content (AvgIpc) is 2.63. The molecule has 0 aliphatic heterocycles. The van der Waals surface area contributed by atoms with E-state index in [0.29, 0.717) is 12.1 Å². The highest BCUT2D eigenvalue weighted by Gasteiger charge is 2.30. The Labute approximate surface area is 155 Å². The third kappa shape index (κ3) is 4.82. The molecule has 2 rings (SSSR count). The SMILES string of the molecule is CCCNC(=O)NC[C@@H](c1cccnc1)S(=O)(=O)c1ccc(C)c(C)c1. The van der Waals surface area contributed by atoms with Crippen molar-refractivity contribution < 1.29 is 13.2 Å². The molecule has 1 atom stereocenters. The number of amides is 2. The van der Waals surface area contributed by atoms with E-state index in [1.807, 2.05) is 20.8 Å². The number of carbonyl (C=O) groups is 1. The van der Waals surface area contributed by atoms with Gasteiger partial charge >= 0.3 is 6.03 Å². The summed E-state index contributed by atoms with van der Waals surface area (Å²) in [6, 6.07) is 8.10. The van der Waals surface area contributed by atoms with Gasteiger partial charge in [-0.3, -0.25) is 4.98 Å². The van der Waals surface area contributed by atoms with Crippen LogP contribution in [0.3, 0.4) is 0 Å². The Morgan fingerprint density at radius 2 is 1.92 bits per heavy atom. The van der Waals surface area contributed by atoms with Gasteiger partial charge in [-0.15, -0.1) is 0 Å². The van der Waals surface area contributed by atoms with Crippen molar-refractivity contribution in [1.29, 1.82) is 0 Å². The summed E-state index contributed by atoms with van der Waals surface area (Å²) < 4.78 is 26.4. The first-order valence-corrected chi connectivity index (χ1v) is 10.1. The van der Waals surface area contributed by atoms with Crippen LogP contribution in [0.25, 0.3) is 0 Å². The number of carbonyl (C=O) groups excluding carboxylic acids is 1. The maximum atomic E-state index is 13.2. The molecule has 6 nitrogen and oxygen atoms in total. The minimum Gasteiger partial charge on any atom is -0.338 e. The average molecular weight is 375 g/mol. The lowest BCUT2D eigenvalue weighted by Gasteiger charge is -2.19. The van der Waals surface area contributed by atoms with Crippen LogP contribution in [0.4, 0.5) is 4.79 Å². The second-order valence-corrected chi connectivity index (χ2v) is 8.33. The molecular formula is C19H25N3O3S. The molecule has 2 amide bonds. The summed E-state index contributed by atoms with van der Waals surface area (Å²) in [5.41, 5.74) is 2.48. The lowest BCUT2D eigenvalue weighted by atomic mass is 10.1. The highest BCUT2D eigenvalue weighted by molar-refractivity contribution is 7.91. The molecule has 0 aliphatic rings. The van der Waals surface area contributed by atoms with Crippen LogP contribution in [-0.4, -0.2) is 32.5 Å². The number of nitrogens with zero attached hydrogens (tertiary/aromatic N) is 1. The first-order chi connectivity index (χ1) is 12.4. The van der Waals surface area contributed by atoms with Crippen LogP contribution in [0.2, 0.25) is 0 Å². The highest BCUT2D eigenvalue weighted by atomic mass is 32.2. The second kappa shape index (κ2) is 8.80. The minimum absolute atomic E-state index is 0.0313. The lowest BCUT2D eigenvalue weighted by molar-refractivity contribution is 0.241. The zero-order valence-corrected chi connectivity index (χ0v) is 16.1. The monoisotopic (exact) mass is 375 g/mol. The maximum absolute atomic E-state index is 13.2. The number of aromatic nitrogens is 1. The Morgan fingerprint density at radius 3 is 2.54 bits per heavy atom. The van der Waals surface area contributed by atoms with Crippen LogP contribution in [0.15, 0.2) is 47.6 Å². The normalized spacial score (nSPS) is 12.4. The second-order valence-electron chi connectivity index (χ2n) is 6.20. The van der Waals surface area contributed by atoms with Gasteiger partial charge in [0.05, 0.1) is 4.90 Å². The predicted molar refractivity (Wildman–Crippen MR) is 102 cm³/mol. The molecule has 140 valence electrons. The van der Waals surface area contributed by atoms with Gasteiger partial charge in [-0.25, -0.2) is 13.2 Å². The van der Waals surface area contributed by atoms with E-state index in [9.17, 15) is 13.2 Å². The quantitative estimate of drug-likeness (QED) is 0.779. The van der Waals surface area contributed by atoms with Crippen LogP contribution in [-0.2, 0) is 9.84 Å². The molecule has 0 fully saturated rings. The molecule has 7 heteroatoms. The predicted octanol–water partition coefficient (Wildman–Crippen LogP) is 2.92. The van der Waals surface area contributed by atoms with Crippen molar-refractivity contribution in [2.75, 3.05) is 13.1 Å². The zero-order chi connectivity index (χ0) is 19.2. The summed E-state index contributed by atoms with van der Waals surface area (Å²) >= 11 is 0. The topological polar surface area (TPSA) is 88.2 Å². The van der Waals surface area contributed by atoms with Crippen molar-refractivity contribution >= 4 is 15.9 Å². The molecule has 2 N–H and O–H groups in total. The Hall–Kier alpha value is -2.41. The number of benzene rings is 1. The molecular weight excluding hydrogens is 350 g/mol. The van der Waals surface area contributed by atoms with Gasteiger partial charge in [0.25, 0.3) is 0 Å². The number of pyridine rings is 1. The largest absolute Gasteiger partial charge is 0.338 e. The van der Waals surface area contributed by atoms with Gasteiger partial charge in [-0.2, -0.15) is 0 Å². The number of sulfone groups is 1. The molecule has 0 saturated heterocycles. The summed E-state index contributed by atoms with van der Waals surface area (Å²) in [5, 5.41) is 4.44. The van der Waals surface area contributed by atoms with Gasteiger partial charge < -0.3 is 10.6 Å². The van der Waals surface area contributed by atoms with E-state index in [4.69, 9.17) is 0 Å². The van der Waals surface area contributed by atoms with Crippen LogP contribution >= 0.6 is 0 Å². The van der Waals surface area contributed by atoms with Crippen LogP contribution in [0.1, 0.15) is 35.3 Å². The summed E-state index contributed by atoms with van der Waals surface area (Å²) in [4.78, 5) is 16.1. The fourth-order valence-electron chi connectivity index (χ4n) is 2.51. The standard InChI is InChI=1S/C19H25N3O3S/c1-4-9-21-19(23)22-13-18(16-6-5-10-20-12-16)26(24,25)17-8-7-14(2)15(3)11-17/h5-8,10-12,18H,4,9,13H2,1-3H3,(H2,21,22,23)/t18-/m0/s1. The van der Waals surface area contributed by atoms with Gasteiger partial charge in [-0.1, -0.05) is 19.1 Å². The number of rotatable bonds is 7. The third-order valence-electron chi connectivity index (χ3n) is 4.22. The van der Waals surface area contributed by atoms with E-state index in [1.165, 1.54) is 6.20 Å². The number of nitrogens with one attached hydrogen (secondary N) is 2. The van der Waals surface area contributed by atoms with Crippen molar-refractivity contribution in [2.45, 2.75) is 37.3 Å². The first kappa shape index (κ1) is 19.9. The van der Waals surface area contributed by atoms with E-state index in [2.05, 4.69) is 15.6 Å². The molecule has 26 heavy (non-hydrogen) atoms. The first-order valence-electron chi connectivity index (χ1n) is 8.59. The fraction of sp³-hybridized carbons (Fsp3) is 0.368. The summed E-state index contributed by atoms with van der Waals surface area (Å²) in [5.74, 6) is 0. The number of hydrogen-bond acceptors (Lipinski definition) is 4. The Bertz CT molecular complexity index is 852. The smallest absolute Gasteiger partial charge is 0.314 e. The Balaban J connectivity index is 2.33. The molecule has 1 heterocycles. The minimum atomic E-state index is -3.69. The van der Waals surface area contributed by atoms with E-state index < -0.39 is 15.1 Å². The van der Waals surface area contributed by atoms with Crippen LogP contribution in [0, 0.1) is 13.8 Å². The van der Waals surface area contributed by atoms with Crippen molar-refractivity contribution in [3.05, 3.63) is 59.4 Å². The van der Waals surface area contributed by atoms with E-state index in [1.54, 1.807) is 36.5 Å². The molecule has 0 spiro atoms. The molecule has 1 aromatic carbocycles. The van der Waals surface area contributed by atoms with Gasteiger partial charge in [0.1, 0.15) is 5.25 Å². The third-order valence-corrected chi connectivity index (χ3v) is 6.32. The van der Waals surface area contributed by atoms with Crippen molar-refractivity contribution in [2.24, 2.45) is 0 Å².